The minimum absolute atomic E-state index is 0.340. The van der Waals surface area contributed by atoms with E-state index in [1.54, 1.807) is 11.8 Å². The topological polar surface area (TPSA) is 51.8 Å². The molecular formula is C9H14ClN3S. The van der Waals surface area contributed by atoms with E-state index in [2.05, 4.69) is 23.8 Å². The number of aromatic nitrogens is 2. The molecule has 5 heteroatoms. The molecule has 1 rings (SSSR count). The third-order valence-electron chi connectivity index (χ3n) is 1.73. The zero-order chi connectivity index (χ0) is 10.6. The fraction of sp³-hybridized carbons (Fsp3) is 0.556. The molecule has 0 atom stereocenters. The van der Waals surface area contributed by atoms with Gasteiger partial charge in [-0.2, -0.15) is 0 Å². The Bertz CT molecular complexity index is 304. The number of anilines is 1. The zero-order valence-corrected chi connectivity index (χ0v) is 9.90. The highest BCUT2D eigenvalue weighted by Crippen LogP contribution is 2.27. The second kappa shape index (κ2) is 5.41. The van der Waals surface area contributed by atoms with Crippen LogP contribution in [0.15, 0.2) is 11.4 Å². The Balaban J connectivity index is 2.54. The summed E-state index contributed by atoms with van der Waals surface area (Å²) in [4.78, 5) is 7.88. The molecule has 0 aliphatic heterocycles. The predicted molar refractivity (Wildman–Crippen MR) is 61.6 cm³/mol. The van der Waals surface area contributed by atoms with Gasteiger partial charge in [-0.1, -0.05) is 25.4 Å². The number of hydrogen-bond acceptors (Lipinski definition) is 4. The van der Waals surface area contributed by atoms with E-state index < -0.39 is 0 Å². The Labute approximate surface area is 93.5 Å². The van der Waals surface area contributed by atoms with Crippen molar-refractivity contribution < 1.29 is 0 Å². The quantitative estimate of drug-likeness (QED) is 0.640. The highest BCUT2D eigenvalue weighted by molar-refractivity contribution is 7.99. The molecule has 0 aliphatic rings. The molecule has 0 aromatic carbocycles. The fourth-order valence-electron chi connectivity index (χ4n) is 0.866. The normalized spacial score (nSPS) is 10.9. The first-order valence-electron chi connectivity index (χ1n) is 4.50. The standard InChI is InChI=1S/C9H14ClN3S/c1-6(2)3-4-14-9-7(11)8(10)12-5-13-9/h5-6H,3-4,11H2,1-2H3. The second-order valence-electron chi connectivity index (χ2n) is 3.41. The van der Waals surface area contributed by atoms with Crippen molar-refractivity contribution in [1.29, 1.82) is 0 Å². The molecule has 0 spiro atoms. The first kappa shape index (κ1) is 11.6. The Kier molecular flexibility index (Phi) is 4.48. The first-order chi connectivity index (χ1) is 6.61. The van der Waals surface area contributed by atoms with E-state index in [-0.39, 0.29) is 0 Å². The molecular weight excluding hydrogens is 218 g/mol. The molecule has 0 saturated heterocycles. The monoisotopic (exact) mass is 231 g/mol. The molecule has 0 bridgehead atoms. The summed E-state index contributed by atoms with van der Waals surface area (Å²) in [7, 11) is 0. The minimum Gasteiger partial charge on any atom is -0.394 e. The van der Waals surface area contributed by atoms with Gasteiger partial charge in [0.1, 0.15) is 17.0 Å². The maximum absolute atomic E-state index is 5.77. The molecule has 2 N–H and O–H groups in total. The fourth-order valence-corrected chi connectivity index (χ4v) is 2.21. The van der Waals surface area contributed by atoms with Gasteiger partial charge in [-0.15, -0.1) is 11.8 Å². The number of rotatable bonds is 4. The van der Waals surface area contributed by atoms with E-state index in [1.807, 2.05) is 0 Å². The highest BCUT2D eigenvalue weighted by Gasteiger charge is 2.06. The second-order valence-corrected chi connectivity index (χ2v) is 4.86. The summed E-state index contributed by atoms with van der Waals surface area (Å²) in [6.45, 7) is 4.38. The van der Waals surface area contributed by atoms with Gasteiger partial charge in [0.25, 0.3) is 0 Å². The van der Waals surface area contributed by atoms with Crippen LogP contribution in [0.25, 0.3) is 0 Å². The van der Waals surface area contributed by atoms with Crippen molar-refractivity contribution in [2.45, 2.75) is 25.3 Å². The predicted octanol–water partition coefficient (Wildman–Crippen LogP) is 2.85. The number of nitrogen functional groups attached to an aromatic ring is 1. The van der Waals surface area contributed by atoms with Gasteiger partial charge in [0.2, 0.25) is 0 Å². The van der Waals surface area contributed by atoms with E-state index in [4.69, 9.17) is 17.3 Å². The van der Waals surface area contributed by atoms with Crippen molar-refractivity contribution in [1.82, 2.24) is 9.97 Å². The molecule has 0 amide bonds. The van der Waals surface area contributed by atoms with Crippen LogP contribution in [0.3, 0.4) is 0 Å². The smallest absolute Gasteiger partial charge is 0.156 e. The summed E-state index contributed by atoms with van der Waals surface area (Å²) in [5.41, 5.74) is 6.21. The number of nitrogens with two attached hydrogens (primary N) is 1. The summed E-state index contributed by atoms with van der Waals surface area (Å²) < 4.78 is 0. The SMILES string of the molecule is CC(C)CCSc1ncnc(Cl)c1N. The third kappa shape index (κ3) is 3.35. The van der Waals surface area contributed by atoms with Crippen molar-refractivity contribution in [2.24, 2.45) is 5.92 Å². The Morgan fingerprint density at radius 1 is 1.50 bits per heavy atom. The van der Waals surface area contributed by atoms with Crippen molar-refractivity contribution in [3.05, 3.63) is 11.5 Å². The molecule has 1 aromatic heterocycles. The van der Waals surface area contributed by atoms with Crippen LogP contribution >= 0.6 is 23.4 Å². The van der Waals surface area contributed by atoms with Crippen LogP contribution in [0.5, 0.6) is 0 Å². The average molecular weight is 232 g/mol. The number of nitrogens with zero attached hydrogens (tertiary/aromatic N) is 2. The molecule has 78 valence electrons. The van der Waals surface area contributed by atoms with Crippen LogP contribution in [-0.2, 0) is 0 Å². The Morgan fingerprint density at radius 3 is 2.86 bits per heavy atom. The lowest BCUT2D eigenvalue weighted by molar-refractivity contribution is 0.632. The van der Waals surface area contributed by atoms with Crippen LogP contribution in [0.2, 0.25) is 5.15 Å². The van der Waals surface area contributed by atoms with Gasteiger partial charge in [-0.3, -0.25) is 0 Å². The van der Waals surface area contributed by atoms with Crippen LogP contribution in [0.4, 0.5) is 5.69 Å². The third-order valence-corrected chi connectivity index (χ3v) is 3.07. The maximum Gasteiger partial charge on any atom is 0.156 e. The summed E-state index contributed by atoms with van der Waals surface area (Å²) in [6, 6.07) is 0. The molecule has 14 heavy (non-hydrogen) atoms. The largest absolute Gasteiger partial charge is 0.394 e. The van der Waals surface area contributed by atoms with Gasteiger partial charge >= 0.3 is 0 Å². The summed E-state index contributed by atoms with van der Waals surface area (Å²) in [5.74, 6) is 1.70. The molecule has 0 radical (unpaired) electrons. The Morgan fingerprint density at radius 2 is 2.21 bits per heavy atom. The van der Waals surface area contributed by atoms with Crippen molar-refractivity contribution in [3.8, 4) is 0 Å². The number of thioether (sulfide) groups is 1. The van der Waals surface area contributed by atoms with Crippen LogP contribution in [0, 0.1) is 5.92 Å². The van der Waals surface area contributed by atoms with Gasteiger partial charge in [0.15, 0.2) is 5.15 Å². The van der Waals surface area contributed by atoms with E-state index in [9.17, 15) is 0 Å². The van der Waals surface area contributed by atoms with E-state index in [0.717, 1.165) is 17.2 Å². The molecule has 0 fully saturated rings. The van der Waals surface area contributed by atoms with Crippen LogP contribution in [0.1, 0.15) is 20.3 Å². The highest BCUT2D eigenvalue weighted by atomic mass is 35.5. The number of hydrogen-bond donors (Lipinski definition) is 1. The minimum atomic E-state index is 0.340. The molecule has 1 heterocycles. The molecule has 0 aliphatic carbocycles. The van der Waals surface area contributed by atoms with Crippen LogP contribution < -0.4 is 5.73 Å². The van der Waals surface area contributed by atoms with Gasteiger partial charge < -0.3 is 5.73 Å². The molecule has 0 saturated carbocycles. The average Bonchev–Trinajstić information content (AvgIpc) is 2.12. The summed E-state index contributed by atoms with van der Waals surface area (Å²) in [6.07, 6.45) is 2.59. The Hall–Kier alpha value is -0.480. The van der Waals surface area contributed by atoms with Gasteiger partial charge in [0, 0.05) is 0 Å². The zero-order valence-electron chi connectivity index (χ0n) is 8.33. The molecule has 3 nitrogen and oxygen atoms in total. The molecule has 1 aromatic rings. The van der Waals surface area contributed by atoms with Gasteiger partial charge in [0.05, 0.1) is 0 Å². The number of halogens is 1. The van der Waals surface area contributed by atoms with Crippen molar-refractivity contribution >= 4 is 29.1 Å². The van der Waals surface area contributed by atoms with Gasteiger partial charge in [-0.05, 0) is 18.1 Å². The maximum atomic E-state index is 5.77. The first-order valence-corrected chi connectivity index (χ1v) is 5.86. The van der Waals surface area contributed by atoms with Crippen molar-refractivity contribution in [3.63, 3.8) is 0 Å². The lowest BCUT2D eigenvalue weighted by atomic mass is 10.2. The van der Waals surface area contributed by atoms with Crippen LogP contribution in [-0.4, -0.2) is 15.7 Å². The summed E-state index contributed by atoms with van der Waals surface area (Å²) in [5, 5.41) is 1.12. The van der Waals surface area contributed by atoms with E-state index in [1.165, 1.54) is 6.33 Å². The lowest BCUT2D eigenvalue weighted by Gasteiger charge is -2.06. The van der Waals surface area contributed by atoms with Gasteiger partial charge in [-0.25, -0.2) is 9.97 Å². The van der Waals surface area contributed by atoms with E-state index in [0.29, 0.717) is 16.8 Å². The van der Waals surface area contributed by atoms with Crippen molar-refractivity contribution in [2.75, 3.05) is 11.5 Å². The lowest BCUT2D eigenvalue weighted by Crippen LogP contribution is -1.97. The van der Waals surface area contributed by atoms with E-state index >= 15 is 0 Å². The molecule has 0 unspecified atom stereocenters. The summed E-state index contributed by atoms with van der Waals surface area (Å²) >= 11 is 7.39.